The molecule has 1 aliphatic heterocycles. The van der Waals surface area contributed by atoms with Gasteiger partial charge in [-0.1, -0.05) is 6.07 Å². The van der Waals surface area contributed by atoms with Crippen LogP contribution in [-0.2, 0) is 11.3 Å². The number of aromatic nitrogens is 1. The Kier molecular flexibility index (Phi) is 7.01. The second-order valence-electron chi connectivity index (χ2n) is 8.67. The van der Waals surface area contributed by atoms with Gasteiger partial charge in [0.25, 0.3) is 0 Å². The minimum Gasteiger partial charge on any atom is -0.493 e. The van der Waals surface area contributed by atoms with E-state index in [4.69, 9.17) is 23.9 Å². The quantitative estimate of drug-likeness (QED) is 0.305. The van der Waals surface area contributed by atoms with Gasteiger partial charge in [-0.05, 0) is 54.3 Å². The van der Waals surface area contributed by atoms with Crippen molar-refractivity contribution in [2.75, 3.05) is 34.5 Å². The molecule has 5 rings (SSSR count). The summed E-state index contributed by atoms with van der Waals surface area (Å²) in [5.74, 6) is 2.50. The molecular formula is C29H28N2O5S. The molecule has 1 aliphatic rings. The molecule has 1 amide bonds. The minimum absolute atomic E-state index is 0.0602. The number of ether oxygens (including phenoxy) is 4. The lowest BCUT2D eigenvalue weighted by atomic mass is 10.0. The number of thiophene rings is 1. The Labute approximate surface area is 219 Å². The van der Waals surface area contributed by atoms with Crippen molar-refractivity contribution in [2.45, 2.75) is 13.5 Å². The van der Waals surface area contributed by atoms with Gasteiger partial charge in [-0.2, -0.15) is 0 Å². The number of carbonyl (C=O) groups excluding carboxylic acids is 1. The van der Waals surface area contributed by atoms with Gasteiger partial charge in [-0.25, -0.2) is 4.98 Å². The zero-order chi connectivity index (χ0) is 25.9. The fourth-order valence-electron chi connectivity index (χ4n) is 4.49. The summed E-state index contributed by atoms with van der Waals surface area (Å²) in [6, 6.07) is 13.8. The van der Waals surface area contributed by atoms with E-state index in [1.54, 1.807) is 43.6 Å². The predicted molar refractivity (Wildman–Crippen MR) is 146 cm³/mol. The normalized spacial score (nSPS) is 13.2. The average molecular weight is 517 g/mol. The summed E-state index contributed by atoms with van der Waals surface area (Å²) in [4.78, 5) is 20.7. The number of amides is 1. The number of carbonyl (C=O) groups is 1. The van der Waals surface area contributed by atoms with Gasteiger partial charge in [0.15, 0.2) is 23.0 Å². The molecule has 0 radical (unpaired) electrons. The highest BCUT2D eigenvalue weighted by Gasteiger charge is 2.23. The van der Waals surface area contributed by atoms with Gasteiger partial charge in [-0.15, -0.1) is 11.3 Å². The smallest absolute Gasteiger partial charge is 0.247 e. The molecule has 0 atom stereocenters. The zero-order valence-electron chi connectivity index (χ0n) is 21.2. The van der Waals surface area contributed by atoms with E-state index >= 15 is 0 Å². The first-order valence-corrected chi connectivity index (χ1v) is 12.8. The van der Waals surface area contributed by atoms with E-state index in [0.717, 1.165) is 38.2 Å². The van der Waals surface area contributed by atoms with Crippen LogP contribution in [0.5, 0.6) is 23.0 Å². The summed E-state index contributed by atoms with van der Waals surface area (Å²) in [7, 11) is 4.85. The molecule has 0 fully saturated rings. The van der Waals surface area contributed by atoms with Crippen LogP contribution in [0.3, 0.4) is 0 Å². The summed E-state index contributed by atoms with van der Waals surface area (Å²) < 4.78 is 22.7. The van der Waals surface area contributed by atoms with Crippen molar-refractivity contribution in [3.8, 4) is 34.3 Å². The van der Waals surface area contributed by atoms with Gasteiger partial charge in [-0.3, -0.25) is 4.79 Å². The summed E-state index contributed by atoms with van der Waals surface area (Å²) in [5, 5.41) is 2.98. The molecule has 0 unspecified atom stereocenters. The minimum atomic E-state index is -0.0602. The van der Waals surface area contributed by atoms with Gasteiger partial charge in [0.05, 0.1) is 39.1 Å². The Morgan fingerprint density at radius 2 is 1.84 bits per heavy atom. The van der Waals surface area contributed by atoms with Crippen LogP contribution in [0.4, 0.5) is 0 Å². The monoisotopic (exact) mass is 516 g/mol. The van der Waals surface area contributed by atoms with Crippen LogP contribution in [0.1, 0.15) is 16.0 Å². The van der Waals surface area contributed by atoms with Crippen molar-refractivity contribution < 1.29 is 23.7 Å². The van der Waals surface area contributed by atoms with Crippen LogP contribution in [0.15, 0.2) is 53.9 Å². The van der Waals surface area contributed by atoms with E-state index in [2.05, 4.69) is 0 Å². The third-order valence-electron chi connectivity index (χ3n) is 6.38. The van der Waals surface area contributed by atoms with Gasteiger partial charge in [0, 0.05) is 40.1 Å². The lowest BCUT2D eigenvalue weighted by Crippen LogP contribution is -2.30. The molecule has 0 saturated heterocycles. The van der Waals surface area contributed by atoms with Gasteiger partial charge in [0.1, 0.15) is 6.61 Å². The van der Waals surface area contributed by atoms with E-state index in [1.165, 1.54) is 0 Å². The van der Waals surface area contributed by atoms with Gasteiger partial charge >= 0.3 is 0 Å². The number of hydrogen-bond acceptors (Lipinski definition) is 7. The molecule has 2 aromatic carbocycles. The molecule has 0 aliphatic carbocycles. The van der Waals surface area contributed by atoms with E-state index in [-0.39, 0.29) is 5.91 Å². The molecule has 7 nitrogen and oxygen atoms in total. The third-order valence-corrected chi connectivity index (χ3v) is 7.22. The standard InChI is InChI=1S/C29H28N2O5S/c1-18-12-23(30-24-16-26(34-3)25(33-2)15-22(18)24)19-13-20-17-31(9-10-36-29(20)27(14-19)35-4)28(32)8-7-21-6-5-11-37-21/h5-8,11-16H,9-10,17H2,1-4H3/b8-7+. The molecule has 2 aromatic heterocycles. The van der Waals surface area contributed by atoms with E-state index < -0.39 is 0 Å². The predicted octanol–water partition coefficient (Wildman–Crippen LogP) is 5.73. The van der Waals surface area contributed by atoms with E-state index in [1.807, 2.05) is 60.8 Å². The number of aryl methyl sites for hydroxylation is 1. The molecule has 8 heteroatoms. The largest absolute Gasteiger partial charge is 0.493 e. The maximum Gasteiger partial charge on any atom is 0.247 e. The fraction of sp³-hybridized carbons (Fsp3) is 0.241. The molecule has 0 bridgehead atoms. The lowest BCUT2D eigenvalue weighted by Gasteiger charge is -2.19. The van der Waals surface area contributed by atoms with Crippen molar-refractivity contribution in [2.24, 2.45) is 0 Å². The molecule has 37 heavy (non-hydrogen) atoms. The topological polar surface area (TPSA) is 70.1 Å². The summed E-state index contributed by atoms with van der Waals surface area (Å²) >= 11 is 1.59. The average Bonchev–Trinajstić information content (AvgIpc) is 3.35. The Balaban J connectivity index is 1.53. The van der Waals surface area contributed by atoms with Crippen molar-refractivity contribution in [1.82, 2.24) is 9.88 Å². The molecule has 0 saturated carbocycles. The van der Waals surface area contributed by atoms with Crippen molar-refractivity contribution in [3.63, 3.8) is 0 Å². The first-order chi connectivity index (χ1) is 18.0. The SMILES string of the molecule is COc1cc2nc(-c3cc4c(c(OC)c3)OCCN(C(=O)/C=C/c3cccs3)C4)cc(C)c2cc1OC. The fourth-order valence-corrected chi connectivity index (χ4v) is 5.10. The Hall–Kier alpha value is -4.04. The summed E-state index contributed by atoms with van der Waals surface area (Å²) in [5.41, 5.74) is 4.40. The number of rotatable bonds is 6. The highest BCUT2D eigenvalue weighted by Crippen LogP contribution is 2.40. The van der Waals surface area contributed by atoms with Crippen LogP contribution < -0.4 is 18.9 Å². The molecule has 0 N–H and O–H groups in total. The second kappa shape index (κ2) is 10.5. The molecule has 3 heterocycles. The van der Waals surface area contributed by atoms with Crippen LogP contribution in [-0.4, -0.2) is 50.3 Å². The zero-order valence-corrected chi connectivity index (χ0v) is 22.1. The van der Waals surface area contributed by atoms with Crippen LogP contribution in [0.2, 0.25) is 0 Å². The number of hydrogen-bond donors (Lipinski definition) is 0. The maximum absolute atomic E-state index is 13.0. The number of nitrogens with zero attached hydrogens (tertiary/aromatic N) is 2. The number of benzene rings is 2. The lowest BCUT2D eigenvalue weighted by molar-refractivity contribution is -0.126. The highest BCUT2D eigenvalue weighted by atomic mass is 32.1. The third kappa shape index (κ3) is 4.97. The molecule has 0 spiro atoms. The molecular weight excluding hydrogens is 488 g/mol. The Bertz CT molecular complexity index is 1480. The van der Waals surface area contributed by atoms with Gasteiger partial charge < -0.3 is 23.8 Å². The highest BCUT2D eigenvalue weighted by molar-refractivity contribution is 7.10. The number of pyridine rings is 1. The van der Waals surface area contributed by atoms with Crippen molar-refractivity contribution in [1.29, 1.82) is 0 Å². The van der Waals surface area contributed by atoms with Crippen LogP contribution in [0.25, 0.3) is 28.2 Å². The first kappa shape index (κ1) is 24.6. The summed E-state index contributed by atoms with van der Waals surface area (Å²) in [6.07, 6.45) is 3.47. The summed E-state index contributed by atoms with van der Waals surface area (Å²) in [6.45, 7) is 3.32. The number of methoxy groups -OCH3 is 3. The Morgan fingerprint density at radius 3 is 2.57 bits per heavy atom. The van der Waals surface area contributed by atoms with Gasteiger partial charge in [0.2, 0.25) is 5.91 Å². The molecule has 4 aromatic rings. The second-order valence-corrected chi connectivity index (χ2v) is 9.65. The first-order valence-electron chi connectivity index (χ1n) is 11.9. The molecule has 190 valence electrons. The Morgan fingerprint density at radius 1 is 1.05 bits per heavy atom. The maximum atomic E-state index is 13.0. The van der Waals surface area contributed by atoms with Crippen molar-refractivity contribution >= 4 is 34.2 Å². The van der Waals surface area contributed by atoms with Crippen LogP contribution >= 0.6 is 11.3 Å². The number of fused-ring (bicyclic) bond motifs is 2. The van der Waals surface area contributed by atoms with E-state index in [0.29, 0.717) is 42.7 Å². The van der Waals surface area contributed by atoms with Crippen molar-refractivity contribution in [3.05, 3.63) is 69.9 Å². The van der Waals surface area contributed by atoms with E-state index in [9.17, 15) is 4.79 Å². The van der Waals surface area contributed by atoms with Crippen LogP contribution in [0, 0.1) is 6.92 Å².